The van der Waals surface area contributed by atoms with E-state index in [4.69, 9.17) is 24.0 Å². The van der Waals surface area contributed by atoms with Gasteiger partial charge in [0.05, 0.1) is 13.2 Å². The Kier molecular flexibility index (Phi) is 3.07. The minimum atomic E-state index is -0.565. The topological polar surface area (TPSA) is 46.2 Å². The van der Waals surface area contributed by atoms with Gasteiger partial charge in [0, 0.05) is 37.5 Å². The van der Waals surface area contributed by atoms with Gasteiger partial charge >= 0.3 is 0 Å². The average molecular weight is 336 g/mol. The fourth-order valence-corrected chi connectivity index (χ4v) is 6.71. The molecule has 2 saturated heterocycles. The molecule has 7 rings (SSSR count). The summed E-state index contributed by atoms with van der Waals surface area (Å²) in [6.07, 6.45) is 10.8. The normalized spacial score (nSPS) is 51.0. The lowest BCUT2D eigenvalue weighted by molar-refractivity contribution is -0.394. The summed E-state index contributed by atoms with van der Waals surface area (Å²) in [5.74, 6) is 1.46. The maximum Gasteiger partial charge on any atom is 0.210 e. The maximum atomic E-state index is 6.73. The third-order valence-electron chi connectivity index (χ3n) is 7.74. The van der Waals surface area contributed by atoms with E-state index < -0.39 is 17.4 Å². The Labute approximate surface area is 143 Å². The van der Waals surface area contributed by atoms with Gasteiger partial charge in [-0.05, 0) is 50.4 Å². The van der Waals surface area contributed by atoms with Gasteiger partial charge in [-0.1, -0.05) is 0 Å². The van der Waals surface area contributed by atoms with Crippen LogP contribution in [0.2, 0.25) is 0 Å². The molecule has 0 aromatic heterocycles. The molecule has 4 bridgehead atoms. The van der Waals surface area contributed by atoms with E-state index in [1.54, 1.807) is 0 Å². The molecule has 7 fully saturated rings. The second kappa shape index (κ2) is 4.95. The van der Waals surface area contributed by atoms with Crippen LogP contribution in [0, 0.1) is 23.7 Å². The first-order valence-corrected chi connectivity index (χ1v) is 10.0. The van der Waals surface area contributed by atoms with Crippen LogP contribution < -0.4 is 0 Å². The highest BCUT2D eigenvalue weighted by Gasteiger charge is 2.67. The molecule has 5 nitrogen and oxygen atoms in total. The van der Waals surface area contributed by atoms with Crippen LogP contribution in [0.15, 0.2) is 0 Å². The molecule has 0 atom stereocenters. The van der Waals surface area contributed by atoms with Crippen molar-refractivity contribution in [3.8, 4) is 0 Å². The number of ether oxygens (including phenoxy) is 3. The van der Waals surface area contributed by atoms with E-state index in [-0.39, 0.29) is 0 Å². The Balaban J connectivity index is 1.21. The largest absolute Gasteiger partial charge is 0.350 e. The van der Waals surface area contributed by atoms with Crippen LogP contribution in [0.5, 0.6) is 0 Å². The van der Waals surface area contributed by atoms with Gasteiger partial charge in [0.15, 0.2) is 5.79 Å². The van der Waals surface area contributed by atoms with Crippen LogP contribution >= 0.6 is 0 Å². The summed E-state index contributed by atoms with van der Waals surface area (Å²) in [4.78, 5) is 12.0. The molecule has 7 aliphatic rings. The first kappa shape index (κ1) is 14.9. The molecule has 0 aromatic rings. The van der Waals surface area contributed by atoms with Crippen molar-refractivity contribution in [3.63, 3.8) is 0 Å². The first-order valence-electron chi connectivity index (χ1n) is 10.0. The van der Waals surface area contributed by atoms with Gasteiger partial charge in [-0.3, -0.25) is 0 Å². The molecule has 5 heteroatoms. The maximum absolute atomic E-state index is 6.73. The van der Waals surface area contributed by atoms with E-state index in [1.807, 2.05) is 0 Å². The number of rotatable bonds is 0. The van der Waals surface area contributed by atoms with Crippen molar-refractivity contribution in [3.05, 3.63) is 0 Å². The molecule has 2 heterocycles. The van der Waals surface area contributed by atoms with Crippen molar-refractivity contribution < 1.29 is 24.0 Å². The minimum Gasteiger partial charge on any atom is -0.350 e. The van der Waals surface area contributed by atoms with Crippen LogP contribution in [-0.4, -0.2) is 30.6 Å². The molecule has 5 saturated carbocycles. The monoisotopic (exact) mass is 336 g/mol. The third kappa shape index (κ3) is 1.99. The average Bonchev–Trinajstić information content (AvgIpc) is 2.97. The van der Waals surface area contributed by atoms with Crippen molar-refractivity contribution in [2.24, 2.45) is 23.7 Å². The quantitative estimate of drug-likeness (QED) is 0.633. The zero-order chi connectivity index (χ0) is 15.8. The Morgan fingerprint density at radius 3 is 1.83 bits per heavy atom. The molecule has 0 amide bonds. The van der Waals surface area contributed by atoms with Crippen molar-refractivity contribution in [2.45, 2.75) is 81.6 Å². The van der Waals surface area contributed by atoms with E-state index in [0.29, 0.717) is 11.8 Å². The molecule has 0 radical (unpaired) electrons. The van der Waals surface area contributed by atoms with Gasteiger partial charge in [-0.15, -0.1) is 0 Å². The summed E-state index contributed by atoms with van der Waals surface area (Å²) in [6.45, 7) is 1.62. The van der Waals surface area contributed by atoms with E-state index >= 15 is 0 Å². The fraction of sp³-hybridized carbons (Fsp3) is 1.00. The summed E-state index contributed by atoms with van der Waals surface area (Å²) in [7, 11) is 0. The molecular weight excluding hydrogens is 308 g/mol. The highest BCUT2D eigenvalue weighted by Crippen LogP contribution is 2.64. The smallest absolute Gasteiger partial charge is 0.210 e. The summed E-state index contributed by atoms with van der Waals surface area (Å²) in [5.41, 5.74) is 0. The SMILES string of the molecule is C1COC2(CCC3(CC2)OOC2(O3)C3CC4CC(C3)CC2C4)OC1. The van der Waals surface area contributed by atoms with E-state index in [0.717, 1.165) is 57.2 Å². The van der Waals surface area contributed by atoms with Crippen LogP contribution in [0.25, 0.3) is 0 Å². The standard InChI is InChI=1S/C19H28O5/c1-6-20-17(21-7-1)2-4-18(5-3-17)22-19(24-23-18)15-9-13-8-14(11-15)12-16(19)10-13/h13-16H,1-12H2. The summed E-state index contributed by atoms with van der Waals surface area (Å²) < 4.78 is 18.7. The molecule has 24 heavy (non-hydrogen) atoms. The van der Waals surface area contributed by atoms with Crippen molar-refractivity contribution in [1.82, 2.24) is 0 Å². The molecule has 2 aliphatic heterocycles. The predicted molar refractivity (Wildman–Crippen MR) is 83.5 cm³/mol. The zero-order valence-electron chi connectivity index (χ0n) is 14.3. The molecule has 0 aromatic carbocycles. The lowest BCUT2D eigenvalue weighted by Crippen LogP contribution is -2.59. The van der Waals surface area contributed by atoms with Crippen LogP contribution in [0.1, 0.15) is 64.2 Å². The van der Waals surface area contributed by atoms with Crippen molar-refractivity contribution in [2.75, 3.05) is 13.2 Å². The Hall–Kier alpha value is -0.200. The predicted octanol–water partition coefficient (Wildman–Crippen LogP) is 3.52. The zero-order valence-corrected chi connectivity index (χ0v) is 14.3. The summed E-state index contributed by atoms with van der Waals surface area (Å²) >= 11 is 0. The van der Waals surface area contributed by atoms with Gasteiger partial charge in [-0.2, -0.15) is 9.78 Å². The fourth-order valence-electron chi connectivity index (χ4n) is 6.71. The molecule has 0 N–H and O–H groups in total. The third-order valence-corrected chi connectivity index (χ3v) is 7.74. The number of hydrogen-bond acceptors (Lipinski definition) is 5. The molecule has 0 unspecified atom stereocenters. The van der Waals surface area contributed by atoms with Crippen molar-refractivity contribution >= 4 is 0 Å². The Morgan fingerprint density at radius 1 is 0.625 bits per heavy atom. The molecule has 5 aliphatic carbocycles. The minimum absolute atomic E-state index is 0.393. The second-order valence-electron chi connectivity index (χ2n) is 9.17. The highest BCUT2D eigenvalue weighted by molar-refractivity contribution is 5.06. The van der Waals surface area contributed by atoms with Crippen LogP contribution in [0.4, 0.5) is 0 Å². The lowest BCUT2D eigenvalue weighted by Gasteiger charge is -2.57. The number of hydrogen-bond donors (Lipinski definition) is 0. The van der Waals surface area contributed by atoms with E-state index in [1.165, 1.54) is 32.1 Å². The van der Waals surface area contributed by atoms with Gasteiger partial charge < -0.3 is 14.2 Å². The second-order valence-corrected chi connectivity index (χ2v) is 9.17. The lowest BCUT2D eigenvalue weighted by atomic mass is 9.53. The Bertz CT molecular complexity index is 488. The molecular formula is C19H28O5. The van der Waals surface area contributed by atoms with Gasteiger partial charge in [-0.25, -0.2) is 0 Å². The first-order chi connectivity index (χ1) is 11.7. The Morgan fingerprint density at radius 2 is 1.21 bits per heavy atom. The van der Waals surface area contributed by atoms with Crippen LogP contribution in [-0.2, 0) is 24.0 Å². The van der Waals surface area contributed by atoms with Gasteiger partial charge in [0.1, 0.15) is 0 Å². The summed E-state index contributed by atoms with van der Waals surface area (Å²) in [6, 6.07) is 0. The highest BCUT2D eigenvalue weighted by atomic mass is 17.3. The molecule has 3 spiro atoms. The van der Waals surface area contributed by atoms with Crippen LogP contribution in [0.3, 0.4) is 0 Å². The summed E-state index contributed by atoms with van der Waals surface area (Å²) in [5, 5.41) is 0. The van der Waals surface area contributed by atoms with Gasteiger partial charge in [0.25, 0.3) is 0 Å². The molecule has 134 valence electrons. The van der Waals surface area contributed by atoms with Crippen molar-refractivity contribution in [1.29, 1.82) is 0 Å². The van der Waals surface area contributed by atoms with Gasteiger partial charge in [0.2, 0.25) is 11.6 Å². The van der Waals surface area contributed by atoms with E-state index in [2.05, 4.69) is 0 Å². The van der Waals surface area contributed by atoms with E-state index in [9.17, 15) is 0 Å².